The molecule has 0 aromatic heterocycles. The highest BCUT2D eigenvalue weighted by molar-refractivity contribution is 4.81. The highest BCUT2D eigenvalue weighted by atomic mass is 16.5. The van der Waals surface area contributed by atoms with Crippen LogP contribution < -0.4 is 5.32 Å². The molecule has 1 N–H and O–H groups in total. The van der Waals surface area contributed by atoms with Gasteiger partial charge in [0.05, 0.1) is 6.61 Å². The molecule has 1 rings (SSSR count). The van der Waals surface area contributed by atoms with E-state index >= 15 is 0 Å². The third kappa shape index (κ3) is 4.49. The quantitative estimate of drug-likeness (QED) is 0.722. The van der Waals surface area contributed by atoms with Gasteiger partial charge in [-0.05, 0) is 33.0 Å². The highest BCUT2D eigenvalue weighted by Gasteiger charge is 2.25. The maximum atomic E-state index is 5.57. The van der Waals surface area contributed by atoms with Crippen molar-refractivity contribution in [2.24, 2.45) is 5.92 Å². The van der Waals surface area contributed by atoms with E-state index in [1.165, 1.54) is 19.4 Å². The second-order valence-electron chi connectivity index (χ2n) is 4.55. The van der Waals surface area contributed by atoms with E-state index < -0.39 is 0 Å². The fourth-order valence-corrected chi connectivity index (χ4v) is 2.38. The van der Waals surface area contributed by atoms with Crippen molar-refractivity contribution in [3.63, 3.8) is 0 Å². The van der Waals surface area contributed by atoms with Gasteiger partial charge in [-0.1, -0.05) is 13.8 Å². The van der Waals surface area contributed by atoms with Crippen LogP contribution in [-0.2, 0) is 4.74 Å². The van der Waals surface area contributed by atoms with Crippen molar-refractivity contribution in [3.8, 4) is 0 Å². The van der Waals surface area contributed by atoms with Crippen LogP contribution in [0.15, 0.2) is 0 Å². The smallest absolute Gasteiger partial charge is 0.0521 e. The van der Waals surface area contributed by atoms with Crippen molar-refractivity contribution >= 4 is 0 Å². The van der Waals surface area contributed by atoms with Gasteiger partial charge in [-0.25, -0.2) is 0 Å². The average Bonchev–Trinajstić information content (AvgIpc) is 2.21. The fraction of sp³-hybridized carbons (Fsp3) is 1.00. The summed E-state index contributed by atoms with van der Waals surface area (Å²) in [6.45, 7) is 9.68. The van der Waals surface area contributed by atoms with E-state index in [0.717, 1.165) is 26.3 Å². The number of hydrogen-bond donors (Lipinski definition) is 1. The standard InChI is InChI=1S/C12H26N2O/c1-4-7-14(3)9-11-10-15-8-6-12(11)13-5-2/h11-13H,4-10H2,1-3H3. The van der Waals surface area contributed by atoms with Crippen LogP contribution in [0.25, 0.3) is 0 Å². The predicted octanol–water partition coefficient (Wildman–Crippen LogP) is 1.34. The topological polar surface area (TPSA) is 24.5 Å². The molecule has 0 radical (unpaired) electrons. The van der Waals surface area contributed by atoms with Crippen LogP contribution in [0, 0.1) is 5.92 Å². The number of ether oxygens (including phenoxy) is 1. The molecule has 0 aromatic rings. The van der Waals surface area contributed by atoms with Gasteiger partial charge in [0, 0.05) is 25.1 Å². The molecule has 1 aliphatic rings. The van der Waals surface area contributed by atoms with E-state index in [2.05, 4.69) is 31.1 Å². The van der Waals surface area contributed by atoms with Crippen molar-refractivity contribution in [2.75, 3.05) is 39.9 Å². The minimum atomic E-state index is 0.656. The van der Waals surface area contributed by atoms with Crippen molar-refractivity contribution in [3.05, 3.63) is 0 Å². The Labute approximate surface area is 94.2 Å². The second kappa shape index (κ2) is 7.20. The molecule has 0 amide bonds. The molecule has 0 bridgehead atoms. The molecule has 0 aromatic carbocycles. The maximum absolute atomic E-state index is 5.57. The summed E-state index contributed by atoms with van der Waals surface area (Å²) in [6, 6.07) is 0.656. The molecular weight excluding hydrogens is 188 g/mol. The van der Waals surface area contributed by atoms with Crippen molar-refractivity contribution in [1.82, 2.24) is 10.2 Å². The van der Waals surface area contributed by atoms with Gasteiger partial charge in [0.25, 0.3) is 0 Å². The van der Waals surface area contributed by atoms with Crippen LogP contribution in [0.3, 0.4) is 0 Å². The molecule has 0 saturated carbocycles. The first-order valence-corrected chi connectivity index (χ1v) is 6.27. The minimum Gasteiger partial charge on any atom is -0.381 e. The van der Waals surface area contributed by atoms with Gasteiger partial charge >= 0.3 is 0 Å². The van der Waals surface area contributed by atoms with E-state index in [-0.39, 0.29) is 0 Å². The largest absolute Gasteiger partial charge is 0.381 e. The Balaban J connectivity index is 2.34. The number of hydrogen-bond acceptors (Lipinski definition) is 3. The first kappa shape index (κ1) is 12.9. The Morgan fingerprint density at radius 2 is 2.20 bits per heavy atom. The molecule has 3 heteroatoms. The number of nitrogens with one attached hydrogen (secondary N) is 1. The van der Waals surface area contributed by atoms with Crippen LogP contribution in [0.5, 0.6) is 0 Å². The molecule has 15 heavy (non-hydrogen) atoms. The Kier molecular flexibility index (Phi) is 6.22. The van der Waals surface area contributed by atoms with Crippen LogP contribution in [0.2, 0.25) is 0 Å². The van der Waals surface area contributed by atoms with Gasteiger partial charge in [-0.3, -0.25) is 0 Å². The van der Waals surface area contributed by atoms with Gasteiger partial charge < -0.3 is 15.0 Å². The normalized spacial score (nSPS) is 27.2. The van der Waals surface area contributed by atoms with Gasteiger partial charge in [-0.15, -0.1) is 0 Å². The van der Waals surface area contributed by atoms with Gasteiger partial charge in [-0.2, -0.15) is 0 Å². The molecule has 3 nitrogen and oxygen atoms in total. The molecule has 0 aliphatic carbocycles. The lowest BCUT2D eigenvalue weighted by Crippen LogP contribution is -2.47. The summed E-state index contributed by atoms with van der Waals surface area (Å²) >= 11 is 0. The van der Waals surface area contributed by atoms with Gasteiger partial charge in [0.1, 0.15) is 0 Å². The van der Waals surface area contributed by atoms with E-state index in [9.17, 15) is 0 Å². The van der Waals surface area contributed by atoms with E-state index in [1.807, 2.05) is 0 Å². The number of nitrogens with zero attached hydrogens (tertiary/aromatic N) is 1. The summed E-state index contributed by atoms with van der Waals surface area (Å²) < 4.78 is 5.57. The SMILES string of the molecule is CCCN(C)CC1COCCC1NCC. The predicted molar refractivity (Wildman–Crippen MR) is 64.2 cm³/mol. The minimum absolute atomic E-state index is 0.656. The summed E-state index contributed by atoms with van der Waals surface area (Å²) in [5.74, 6) is 0.662. The molecule has 2 unspecified atom stereocenters. The van der Waals surface area contributed by atoms with Gasteiger partial charge in [0.15, 0.2) is 0 Å². The Morgan fingerprint density at radius 3 is 2.87 bits per heavy atom. The van der Waals surface area contributed by atoms with Gasteiger partial charge in [0.2, 0.25) is 0 Å². The summed E-state index contributed by atoms with van der Waals surface area (Å²) in [5, 5.41) is 3.58. The zero-order valence-corrected chi connectivity index (χ0v) is 10.5. The maximum Gasteiger partial charge on any atom is 0.0521 e. The first-order chi connectivity index (χ1) is 7.27. The van der Waals surface area contributed by atoms with E-state index in [0.29, 0.717) is 12.0 Å². The monoisotopic (exact) mass is 214 g/mol. The Bertz CT molecular complexity index is 162. The van der Waals surface area contributed by atoms with Crippen molar-refractivity contribution in [1.29, 1.82) is 0 Å². The van der Waals surface area contributed by atoms with Crippen LogP contribution >= 0.6 is 0 Å². The fourth-order valence-electron chi connectivity index (χ4n) is 2.38. The zero-order valence-electron chi connectivity index (χ0n) is 10.5. The molecule has 1 saturated heterocycles. The summed E-state index contributed by atoms with van der Waals surface area (Å²) in [5.41, 5.74) is 0. The molecule has 1 aliphatic heterocycles. The van der Waals surface area contributed by atoms with Crippen LogP contribution in [0.1, 0.15) is 26.7 Å². The average molecular weight is 214 g/mol. The first-order valence-electron chi connectivity index (χ1n) is 6.27. The molecule has 90 valence electrons. The van der Waals surface area contributed by atoms with Crippen LogP contribution in [0.4, 0.5) is 0 Å². The third-order valence-electron chi connectivity index (χ3n) is 3.09. The molecule has 1 fully saturated rings. The Morgan fingerprint density at radius 1 is 1.40 bits per heavy atom. The molecular formula is C12H26N2O. The highest BCUT2D eigenvalue weighted by Crippen LogP contribution is 2.15. The lowest BCUT2D eigenvalue weighted by molar-refractivity contribution is 0.0202. The third-order valence-corrected chi connectivity index (χ3v) is 3.09. The number of rotatable bonds is 6. The lowest BCUT2D eigenvalue weighted by Gasteiger charge is -2.34. The molecule has 0 spiro atoms. The summed E-state index contributed by atoms with van der Waals surface area (Å²) in [6.07, 6.45) is 2.40. The molecule has 1 heterocycles. The van der Waals surface area contributed by atoms with Crippen molar-refractivity contribution in [2.45, 2.75) is 32.7 Å². The Hall–Kier alpha value is -0.120. The summed E-state index contributed by atoms with van der Waals surface area (Å²) in [4.78, 5) is 2.42. The lowest BCUT2D eigenvalue weighted by atomic mass is 9.95. The van der Waals surface area contributed by atoms with E-state index in [4.69, 9.17) is 4.74 Å². The zero-order chi connectivity index (χ0) is 11.1. The van der Waals surface area contributed by atoms with E-state index in [1.54, 1.807) is 0 Å². The van der Waals surface area contributed by atoms with Crippen molar-refractivity contribution < 1.29 is 4.74 Å². The van der Waals surface area contributed by atoms with Crippen LogP contribution in [-0.4, -0.2) is 50.8 Å². The summed E-state index contributed by atoms with van der Waals surface area (Å²) in [7, 11) is 2.21. The molecule has 2 atom stereocenters. The second-order valence-corrected chi connectivity index (χ2v) is 4.55.